The molecule has 3 heteroatoms. The molecule has 0 aliphatic rings. The molecule has 0 spiro atoms. The van der Waals surface area contributed by atoms with Gasteiger partial charge in [0.15, 0.2) is 0 Å². The van der Waals surface area contributed by atoms with E-state index in [0.29, 0.717) is 0 Å². The molecular formula is C17H15FN2. The highest BCUT2D eigenvalue weighted by molar-refractivity contribution is 5.90. The van der Waals surface area contributed by atoms with Gasteiger partial charge in [0, 0.05) is 23.3 Å². The number of nitrogens with one attached hydrogen (secondary N) is 1. The highest BCUT2D eigenvalue weighted by Crippen LogP contribution is 2.25. The Morgan fingerprint density at radius 1 is 1.00 bits per heavy atom. The van der Waals surface area contributed by atoms with E-state index in [1.807, 2.05) is 30.3 Å². The summed E-state index contributed by atoms with van der Waals surface area (Å²) >= 11 is 0. The summed E-state index contributed by atoms with van der Waals surface area (Å²) in [6.45, 7) is 2.06. The molecule has 20 heavy (non-hydrogen) atoms. The van der Waals surface area contributed by atoms with Crippen molar-refractivity contribution in [3.63, 3.8) is 0 Å². The summed E-state index contributed by atoms with van der Waals surface area (Å²) in [4.78, 5) is 4.34. The standard InChI is InChI=1S/C17H15FN2/c1-12(13-6-8-14(18)9-7-13)20-17-10-11-19-16-5-3-2-4-15(16)17/h2-12H,1H3,(H,19,20). The molecule has 0 aliphatic heterocycles. The minimum atomic E-state index is -0.213. The van der Waals surface area contributed by atoms with Crippen molar-refractivity contribution in [2.45, 2.75) is 13.0 Å². The Kier molecular flexibility index (Phi) is 3.33. The molecule has 2 aromatic carbocycles. The second-order valence-corrected chi connectivity index (χ2v) is 4.79. The van der Waals surface area contributed by atoms with E-state index in [9.17, 15) is 4.39 Å². The average Bonchev–Trinajstić information content (AvgIpc) is 2.48. The van der Waals surface area contributed by atoms with E-state index in [4.69, 9.17) is 0 Å². The quantitative estimate of drug-likeness (QED) is 0.752. The van der Waals surface area contributed by atoms with Crippen molar-refractivity contribution in [2.75, 3.05) is 5.32 Å². The smallest absolute Gasteiger partial charge is 0.123 e. The van der Waals surface area contributed by atoms with Gasteiger partial charge in [0.05, 0.1) is 5.52 Å². The molecule has 1 unspecified atom stereocenters. The molecule has 0 radical (unpaired) electrons. The first-order valence-corrected chi connectivity index (χ1v) is 6.60. The van der Waals surface area contributed by atoms with E-state index >= 15 is 0 Å². The molecule has 3 aromatic rings. The van der Waals surface area contributed by atoms with E-state index < -0.39 is 0 Å². The number of rotatable bonds is 3. The van der Waals surface area contributed by atoms with Gasteiger partial charge in [-0.25, -0.2) is 4.39 Å². The van der Waals surface area contributed by atoms with E-state index in [2.05, 4.69) is 17.2 Å². The number of pyridine rings is 1. The normalized spacial score (nSPS) is 12.3. The zero-order valence-corrected chi connectivity index (χ0v) is 11.2. The van der Waals surface area contributed by atoms with Gasteiger partial charge < -0.3 is 5.32 Å². The number of nitrogens with zero attached hydrogens (tertiary/aromatic N) is 1. The second kappa shape index (κ2) is 5.29. The highest BCUT2D eigenvalue weighted by atomic mass is 19.1. The minimum Gasteiger partial charge on any atom is -0.378 e. The summed E-state index contributed by atoms with van der Waals surface area (Å²) in [6.07, 6.45) is 1.79. The summed E-state index contributed by atoms with van der Waals surface area (Å²) in [7, 11) is 0. The van der Waals surface area contributed by atoms with Crippen molar-refractivity contribution in [1.82, 2.24) is 4.98 Å². The Labute approximate surface area is 117 Å². The van der Waals surface area contributed by atoms with Gasteiger partial charge in [-0.15, -0.1) is 0 Å². The van der Waals surface area contributed by atoms with Crippen LogP contribution in [-0.2, 0) is 0 Å². The number of para-hydroxylation sites is 1. The van der Waals surface area contributed by atoms with Crippen molar-refractivity contribution in [2.24, 2.45) is 0 Å². The average molecular weight is 266 g/mol. The van der Waals surface area contributed by atoms with Crippen molar-refractivity contribution < 1.29 is 4.39 Å². The van der Waals surface area contributed by atoms with Crippen LogP contribution in [0.4, 0.5) is 10.1 Å². The van der Waals surface area contributed by atoms with E-state index in [-0.39, 0.29) is 11.9 Å². The monoisotopic (exact) mass is 266 g/mol. The largest absolute Gasteiger partial charge is 0.378 e. The van der Waals surface area contributed by atoms with Crippen LogP contribution in [0, 0.1) is 5.82 Å². The predicted molar refractivity (Wildman–Crippen MR) is 80.2 cm³/mol. The van der Waals surface area contributed by atoms with Gasteiger partial charge in [0.25, 0.3) is 0 Å². The van der Waals surface area contributed by atoms with Crippen LogP contribution in [0.5, 0.6) is 0 Å². The molecule has 1 heterocycles. The maximum Gasteiger partial charge on any atom is 0.123 e. The van der Waals surface area contributed by atoms with Gasteiger partial charge in [-0.3, -0.25) is 4.98 Å². The molecule has 0 aliphatic carbocycles. The Balaban J connectivity index is 1.91. The van der Waals surface area contributed by atoms with Crippen LogP contribution in [0.15, 0.2) is 60.8 Å². The summed E-state index contributed by atoms with van der Waals surface area (Å²) < 4.78 is 13.0. The molecule has 3 rings (SSSR count). The Hall–Kier alpha value is -2.42. The molecule has 1 atom stereocenters. The predicted octanol–water partition coefficient (Wildman–Crippen LogP) is 4.55. The van der Waals surface area contributed by atoms with E-state index in [0.717, 1.165) is 22.2 Å². The Morgan fingerprint density at radius 3 is 2.55 bits per heavy atom. The van der Waals surface area contributed by atoms with Crippen LogP contribution >= 0.6 is 0 Å². The first-order chi connectivity index (χ1) is 9.74. The van der Waals surface area contributed by atoms with Gasteiger partial charge in [-0.2, -0.15) is 0 Å². The first kappa shape index (κ1) is 12.6. The molecule has 100 valence electrons. The molecule has 0 bridgehead atoms. The maximum absolute atomic E-state index is 13.0. The van der Waals surface area contributed by atoms with Crippen LogP contribution in [0.2, 0.25) is 0 Å². The molecule has 1 N–H and O–H groups in total. The number of aromatic nitrogens is 1. The van der Waals surface area contributed by atoms with Gasteiger partial charge in [-0.1, -0.05) is 30.3 Å². The zero-order valence-electron chi connectivity index (χ0n) is 11.2. The fourth-order valence-corrected chi connectivity index (χ4v) is 2.29. The van der Waals surface area contributed by atoms with Crippen LogP contribution in [0.3, 0.4) is 0 Å². The lowest BCUT2D eigenvalue weighted by molar-refractivity contribution is 0.626. The number of fused-ring (bicyclic) bond motifs is 1. The summed E-state index contributed by atoms with van der Waals surface area (Å²) in [5, 5.41) is 4.55. The van der Waals surface area contributed by atoms with Gasteiger partial charge in [0.1, 0.15) is 5.82 Å². The molecule has 2 nitrogen and oxygen atoms in total. The number of benzene rings is 2. The first-order valence-electron chi connectivity index (χ1n) is 6.60. The third kappa shape index (κ3) is 2.48. The lowest BCUT2D eigenvalue weighted by Crippen LogP contribution is -2.07. The maximum atomic E-state index is 13.0. The van der Waals surface area contributed by atoms with Crippen molar-refractivity contribution in [1.29, 1.82) is 0 Å². The summed E-state index contributed by atoms with van der Waals surface area (Å²) in [5.74, 6) is -0.213. The number of hydrogen-bond acceptors (Lipinski definition) is 2. The third-order valence-electron chi connectivity index (χ3n) is 3.39. The highest BCUT2D eigenvalue weighted by Gasteiger charge is 2.07. The third-order valence-corrected chi connectivity index (χ3v) is 3.39. The van der Waals surface area contributed by atoms with Gasteiger partial charge >= 0.3 is 0 Å². The topological polar surface area (TPSA) is 24.9 Å². The molecule has 0 saturated heterocycles. The fraction of sp³-hybridized carbons (Fsp3) is 0.118. The number of halogens is 1. The van der Waals surface area contributed by atoms with Crippen LogP contribution in [0.1, 0.15) is 18.5 Å². The van der Waals surface area contributed by atoms with Gasteiger partial charge in [-0.05, 0) is 36.8 Å². The molecule has 0 fully saturated rings. The van der Waals surface area contributed by atoms with Crippen molar-refractivity contribution in [3.05, 3.63) is 72.2 Å². The minimum absolute atomic E-state index is 0.0985. The SMILES string of the molecule is CC(Nc1ccnc2ccccc12)c1ccc(F)cc1. The van der Waals surface area contributed by atoms with Crippen LogP contribution < -0.4 is 5.32 Å². The van der Waals surface area contributed by atoms with E-state index in [1.165, 1.54) is 12.1 Å². The molecule has 0 amide bonds. The Morgan fingerprint density at radius 2 is 1.75 bits per heavy atom. The van der Waals surface area contributed by atoms with Gasteiger partial charge in [0.2, 0.25) is 0 Å². The lowest BCUT2D eigenvalue weighted by Gasteiger charge is -2.17. The van der Waals surface area contributed by atoms with Crippen LogP contribution in [-0.4, -0.2) is 4.98 Å². The number of hydrogen-bond donors (Lipinski definition) is 1. The second-order valence-electron chi connectivity index (χ2n) is 4.79. The molecule has 0 saturated carbocycles. The summed E-state index contributed by atoms with van der Waals surface area (Å²) in [6, 6.07) is 16.6. The molecular weight excluding hydrogens is 251 g/mol. The Bertz CT molecular complexity index is 717. The number of anilines is 1. The van der Waals surface area contributed by atoms with E-state index in [1.54, 1.807) is 18.3 Å². The lowest BCUT2D eigenvalue weighted by atomic mass is 10.1. The fourth-order valence-electron chi connectivity index (χ4n) is 2.29. The zero-order chi connectivity index (χ0) is 13.9. The molecule has 1 aromatic heterocycles. The summed E-state index contributed by atoms with van der Waals surface area (Å²) in [5.41, 5.74) is 3.04. The van der Waals surface area contributed by atoms with Crippen LogP contribution in [0.25, 0.3) is 10.9 Å². The van der Waals surface area contributed by atoms with Crippen molar-refractivity contribution in [3.8, 4) is 0 Å². The van der Waals surface area contributed by atoms with Crippen molar-refractivity contribution >= 4 is 16.6 Å².